The summed E-state index contributed by atoms with van der Waals surface area (Å²) < 4.78 is 44.4. The molecule has 6 heteroatoms. The number of carbonyl (C=O) groups is 1. The van der Waals surface area contributed by atoms with Crippen molar-refractivity contribution in [1.29, 1.82) is 0 Å². The molecule has 1 aromatic carbocycles. The molecule has 1 aliphatic heterocycles. The van der Waals surface area contributed by atoms with E-state index in [4.69, 9.17) is 4.74 Å². The van der Waals surface area contributed by atoms with E-state index in [0.29, 0.717) is 13.0 Å². The third-order valence-corrected chi connectivity index (χ3v) is 3.87. The molecule has 0 spiro atoms. The summed E-state index contributed by atoms with van der Waals surface area (Å²) in [7, 11) is 1.53. The second-order valence-corrected chi connectivity index (χ2v) is 5.55. The van der Waals surface area contributed by atoms with Crippen LogP contribution in [0.1, 0.15) is 41.6 Å². The van der Waals surface area contributed by atoms with E-state index in [1.165, 1.54) is 30.1 Å². The van der Waals surface area contributed by atoms with Crippen molar-refractivity contribution in [3.8, 4) is 0 Å². The van der Waals surface area contributed by atoms with Crippen LogP contribution in [0, 0.1) is 0 Å². The standard InChI is InChI=1S/C16H20F3NO2/c1-20(10-9-12-6-4-5-11-22-12)15(21)13-7-2-3-8-14(13)16(17,18)19/h2-3,7-8,12H,4-6,9-11H2,1H3/t12-/m1/s1. The van der Waals surface area contributed by atoms with Gasteiger partial charge in [-0.15, -0.1) is 0 Å². The Morgan fingerprint density at radius 2 is 2.05 bits per heavy atom. The summed E-state index contributed by atoms with van der Waals surface area (Å²) in [6, 6.07) is 4.89. The van der Waals surface area contributed by atoms with Crippen molar-refractivity contribution in [3.63, 3.8) is 0 Å². The molecular weight excluding hydrogens is 295 g/mol. The Hall–Kier alpha value is -1.56. The Morgan fingerprint density at radius 3 is 2.68 bits per heavy atom. The lowest BCUT2D eigenvalue weighted by atomic mass is 10.0. The quantitative estimate of drug-likeness (QED) is 0.847. The van der Waals surface area contributed by atoms with E-state index in [0.717, 1.165) is 31.9 Å². The molecule has 1 heterocycles. The molecule has 0 unspecified atom stereocenters. The number of nitrogens with zero attached hydrogens (tertiary/aromatic N) is 1. The number of hydrogen-bond donors (Lipinski definition) is 0. The minimum atomic E-state index is -4.53. The molecule has 0 saturated carbocycles. The first-order valence-corrected chi connectivity index (χ1v) is 7.43. The van der Waals surface area contributed by atoms with E-state index in [1.807, 2.05) is 0 Å². The Bertz CT molecular complexity index is 510. The molecule has 122 valence electrons. The van der Waals surface area contributed by atoms with E-state index in [9.17, 15) is 18.0 Å². The first kappa shape index (κ1) is 16.8. The van der Waals surface area contributed by atoms with Crippen LogP contribution in [0.4, 0.5) is 13.2 Å². The van der Waals surface area contributed by atoms with Crippen molar-refractivity contribution < 1.29 is 22.7 Å². The lowest BCUT2D eigenvalue weighted by Crippen LogP contribution is -2.32. The van der Waals surface area contributed by atoms with Crippen molar-refractivity contribution in [2.45, 2.75) is 38.0 Å². The largest absolute Gasteiger partial charge is 0.417 e. The summed E-state index contributed by atoms with van der Waals surface area (Å²) in [6.07, 6.45) is -0.692. The monoisotopic (exact) mass is 315 g/mol. The number of hydrogen-bond acceptors (Lipinski definition) is 2. The minimum Gasteiger partial charge on any atom is -0.378 e. The van der Waals surface area contributed by atoms with E-state index in [2.05, 4.69) is 0 Å². The summed E-state index contributed by atoms with van der Waals surface area (Å²) in [5.74, 6) is -0.608. The maximum Gasteiger partial charge on any atom is 0.417 e. The molecular formula is C16H20F3NO2. The van der Waals surface area contributed by atoms with Crippen molar-refractivity contribution in [2.75, 3.05) is 20.2 Å². The average molecular weight is 315 g/mol. The van der Waals surface area contributed by atoms with Crippen LogP contribution >= 0.6 is 0 Å². The van der Waals surface area contributed by atoms with Gasteiger partial charge in [-0.3, -0.25) is 4.79 Å². The van der Waals surface area contributed by atoms with Crippen LogP contribution in [0.2, 0.25) is 0 Å². The normalized spacial score (nSPS) is 19.0. The van der Waals surface area contributed by atoms with Gasteiger partial charge in [0, 0.05) is 20.2 Å². The molecule has 22 heavy (non-hydrogen) atoms. The van der Waals surface area contributed by atoms with Gasteiger partial charge in [0.1, 0.15) is 0 Å². The molecule has 1 saturated heterocycles. The molecule has 3 nitrogen and oxygen atoms in total. The highest BCUT2D eigenvalue weighted by atomic mass is 19.4. The fourth-order valence-corrected chi connectivity index (χ4v) is 2.60. The van der Waals surface area contributed by atoms with Gasteiger partial charge in [-0.05, 0) is 37.8 Å². The third kappa shape index (κ3) is 4.22. The van der Waals surface area contributed by atoms with Crippen LogP contribution in [0.15, 0.2) is 24.3 Å². The summed E-state index contributed by atoms with van der Waals surface area (Å²) in [5, 5.41) is 0. The topological polar surface area (TPSA) is 29.5 Å². The average Bonchev–Trinajstić information content (AvgIpc) is 2.52. The predicted molar refractivity (Wildman–Crippen MR) is 76.6 cm³/mol. The number of amides is 1. The van der Waals surface area contributed by atoms with Gasteiger partial charge in [-0.2, -0.15) is 13.2 Å². The molecule has 1 aromatic rings. The van der Waals surface area contributed by atoms with Crippen molar-refractivity contribution >= 4 is 5.91 Å². The maximum absolute atomic E-state index is 13.0. The second-order valence-electron chi connectivity index (χ2n) is 5.55. The Balaban J connectivity index is 2.01. The van der Waals surface area contributed by atoms with Gasteiger partial charge >= 0.3 is 6.18 Å². The highest BCUT2D eigenvalue weighted by Gasteiger charge is 2.35. The van der Waals surface area contributed by atoms with Gasteiger partial charge in [0.2, 0.25) is 0 Å². The Kier molecular flexibility index (Phi) is 5.45. The zero-order valence-electron chi connectivity index (χ0n) is 12.5. The van der Waals surface area contributed by atoms with Gasteiger partial charge in [0.15, 0.2) is 0 Å². The van der Waals surface area contributed by atoms with Crippen LogP contribution in [0.5, 0.6) is 0 Å². The van der Waals surface area contributed by atoms with Crippen LogP contribution in [0.3, 0.4) is 0 Å². The van der Waals surface area contributed by atoms with Crippen LogP contribution in [-0.4, -0.2) is 37.1 Å². The molecule has 2 rings (SSSR count). The molecule has 1 atom stereocenters. The van der Waals surface area contributed by atoms with Crippen LogP contribution in [0.25, 0.3) is 0 Å². The molecule has 0 radical (unpaired) electrons. The van der Waals surface area contributed by atoms with E-state index < -0.39 is 17.6 Å². The third-order valence-electron chi connectivity index (χ3n) is 3.87. The zero-order valence-corrected chi connectivity index (χ0v) is 12.5. The predicted octanol–water partition coefficient (Wildman–Crippen LogP) is 3.74. The SMILES string of the molecule is CN(CC[C@H]1CCCCO1)C(=O)c1ccccc1C(F)(F)F. The highest BCUT2D eigenvalue weighted by molar-refractivity contribution is 5.95. The molecule has 0 aromatic heterocycles. The highest BCUT2D eigenvalue weighted by Crippen LogP contribution is 2.32. The fourth-order valence-electron chi connectivity index (χ4n) is 2.60. The number of benzene rings is 1. The minimum absolute atomic E-state index is 0.0989. The van der Waals surface area contributed by atoms with Gasteiger partial charge in [-0.1, -0.05) is 12.1 Å². The molecule has 0 aliphatic carbocycles. The fraction of sp³-hybridized carbons (Fsp3) is 0.562. The lowest BCUT2D eigenvalue weighted by molar-refractivity contribution is -0.138. The lowest BCUT2D eigenvalue weighted by Gasteiger charge is -2.25. The van der Waals surface area contributed by atoms with Gasteiger partial charge in [0.05, 0.1) is 17.2 Å². The first-order valence-electron chi connectivity index (χ1n) is 7.43. The van der Waals surface area contributed by atoms with Crippen molar-refractivity contribution in [1.82, 2.24) is 4.90 Å². The number of rotatable bonds is 4. The van der Waals surface area contributed by atoms with E-state index >= 15 is 0 Å². The molecule has 0 N–H and O–H groups in total. The second kappa shape index (κ2) is 7.13. The number of ether oxygens (including phenoxy) is 1. The van der Waals surface area contributed by atoms with Gasteiger partial charge in [0.25, 0.3) is 5.91 Å². The molecule has 1 amide bonds. The molecule has 0 bridgehead atoms. The van der Waals surface area contributed by atoms with E-state index in [-0.39, 0.29) is 11.7 Å². The van der Waals surface area contributed by atoms with Crippen LogP contribution in [-0.2, 0) is 10.9 Å². The number of alkyl halides is 3. The summed E-state index contributed by atoms with van der Waals surface area (Å²) in [5.41, 5.74) is -1.19. The molecule has 1 aliphatic rings. The molecule has 1 fully saturated rings. The van der Waals surface area contributed by atoms with Crippen molar-refractivity contribution in [2.24, 2.45) is 0 Å². The summed E-state index contributed by atoms with van der Waals surface area (Å²) in [6.45, 7) is 1.11. The van der Waals surface area contributed by atoms with Crippen LogP contribution < -0.4 is 0 Å². The maximum atomic E-state index is 13.0. The summed E-state index contributed by atoms with van der Waals surface area (Å²) in [4.78, 5) is 13.6. The van der Waals surface area contributed by atoms with Gasteiger partial charge < -0.3 is 9.64 Å². The van der Waals surface area contributed by atoms with E-state index in [1.54, 1.807) is 0 Å². The number of halogens is 3. The first-order chi connectivity index (χ1) is 10.4. The zero-order chi connectivity index (χ0) is 16.2. The smallest absolute Gasteiger partial charge is 0.378 e. The van der Waals surface area contributed by atoms with Gasteiger partial charge in [-0.25, -0.2) is 0 Å². The number of carbonyl (C=O) groups excluding carboxylic acids is 1. The Morgan fingerprint density at radius 1 is 1.32 bits per heavy atom. The summed E-state index contributed by atoms with van der Waals surface area (Å²) >= 11 is 0. The van der Waals surface area contributed by atoms with Crippen molar-refractivity contribution in [3.05, 3.63) is 35.4 Å². The Labute approximate surface area is 128 Å².